The van der Waals surface area contributed by atoms with Crippen molar-refractivity contribution in [3.05, 3.63) is 64.2 Å². The number of nitro benzene ring substituents is 1. The Kier molecular flexibility index (Phi) is 3.95. The molecule has 0 saturated carbocycles. The highest BCUT2D eigenvalue weighted by molar-refractivity contribution is 5.99. The highest BCUT2D eigenvalue weighted by Crippen LogP contribution is 2.16. The van der Waals surface area contributed by atoms with Crippen molar-refractivity contribution < 1.29 is 10.0 Å². The van der Waals surface area contributed by atoms with Crippen molar-refractivity contribution in [3.63, 3.8) is 0 Å². The molecule has 0 unspecified atom stereocenters. The molecule has 0 atom stereocenters. The summed E-state index contributed by atoms with van der Waals surface area (Å²) in [4.78, 5) is 10.1. The third-order valence-electron chi connectivity index (χ3n) is 2.72. The molecule has 0 bridgehead atoms. The van der Waals surface area contributed by atoms with Crippen LogP contribution in [0.4, 0.5) is 11.4 Å². The second kappa shape index (κ2) is 5.83. The van der Waals surface area contributed by atoms with Gasteiger partial charge in [0.2, 0.25) is 0 Å². The predicted octanol–water partition coefficient (Wildman–Crippen LogP) is 3.14. The Morgan fingerprint density at radius 1 is 1.15 bits per heavy atom. The van der Waals surface area contributed by atoms with Gasteiger partial charge in [0.15, 0.2) is 0 Å². The van der Waals surface area contributed by atoms with Crippen LogP contribution < -0.4 is 5.43 Å². The molecule has 6 heteroatoms. The molecule has 0 amide bonds. The van der Waals surface area contributed by atoms with E-state index in [1.165, 1.54) is 12.1 Å². The number of nitrogens with one attached hydrogen (secondary N) is 1. The second-order valence-electron chi connectivity index (χ2n) is 4.16. The van der Waals surface area contributed by atoms with Gasteiger partial charge in [-0.1, -0.05) is 0 Å². The SMILES string of the molecule is CC(=NNc1ccc([N+](=O)[O-])cc1)c1ccc(O)cc1. The first-order valence-electron chi connectivity index (χ1n) is 5.90. The third kappa shape index (κ3) is 3.32. The van der Waals surface area contributed by atoms with Crippen LogP contribution in [0.2, 0.25) is 0 Å². The second-order valence-corrected chi connectivity index (χ2v) is 4.16. The highest BCUT2D eigenvalue weighted by atomic mass is 16.6. The molecule has 0 radical (unpaired) electrons. The van der Waals surface area contributed by atoms with Gasteiger partial charge in [-0.05, 0) is 48.9 Å². The normalized spacial score (nSPS) is 11.2. The van der Waals surface area contributed by atoms with E-state index >= 15 is 0 Å². The third-order valence-corrected chi connectivity index (χ3v) is 2.72. The summed E-state index contributed by atoms with van der Waals surface area (Å²) in [6.07, 6.45) is 0. The van der Waals surface area contributed by atoms with Gasteiger partial charge in [-0.15, -0.1) is 0 Å². The number of hydrazone groups is 1. The van der Waals surface area contributed by atoms with E-state index in [-0.39, 0.29) is 11.4 Å². The Hall–Kier alpha value is -2.89. The summed E-state index contributed by atoms with van der Waals surface area (Å²) in [5.74, 6) is 0.199. The zero-order valence-electron chi connectivity index (χ0n) is 10.8. The standard InChI is InChI=1S/C14H13N3O3/c1-10(11-2-8-14(18)9-3-11)15-16-12-4-6-13(7-5-12)17(19)20/h2-9,16,18H,1H3. The summed E-state index contributed by atoms with van der Waals surface area (Å²) in [6, 6.07) is 12.7. The van der Waals surface area contributed by atoms with Gasteiger partial charge in [-0.2, -0.15) is 5.10 Å². The summed E-state index contributed by atoms with van der Waals surface area (Å²) in [5, 5.41) is 23.9. The molecule has 2 aromatic carbocycles. The van der Waals surface area contributed by atoms with E-state index in [2.05, 4.69) is 10.5 Å². The molecule has 2 aromatic rings. The van der Waals surface area contributed by atoms with Crippen LogP contribution in [-0.4, -0.2) is 15.7 Å². The number of hydrogen-bond acceptors (Lipinski definition) is 5. The summed E-state index contributed by atoms with van der Waals surface area (Å²) in [6.45, 7) is 1.82. The maximum absolute atomic E-state index is 10.5. The monoisotopic (exact) mass is 271 g/mol. The van der Waals surface area contributed by atoms with E-state index in [9.17, 15) is 15.2 Å². The molecule has 0 spiro atoms. The molecule has 102 valence electrons. The van der Waals surface area contributed by atoms with E-state index in [1.54, 1.807) is 36.4 Å². The Morgan fingerprint density at radius 3 is 2.30 bits per heavy atom. The Morgan fingerprint density at radius 2 is 1.75 bits per heavy atom. The minimum absolute atomic E-state index is 0.0368. The molecular weight excluding hydrogens is 258 g/mol. The molecule has 0 heterocycles. The van der Waals surface area contributed by atoms with Crippen molar-refractivity contribution in [2.45, 2.75) is 6.92 Å². The van der Waals surface area contributed by atoms with E-state index in [4.69, 9.17) is 0 Å². The van der Waals surface area contributed by atoms with Gasteiger partial charge >= 0.3 is 0 Å². The van der Waals surface area contributed by atoms with Crippen molar-refractivity contribution in [3.8, 4) is 5.75 Å². The van der Waals surface area contributed by atoms with Gasteiger partial charge in [0.1, 0.15) is 5.75 Å². The molecule has 0 aromatic heterocycles. The minimum atomic E-state index is -0.450. The van der Waals surface area contributed by atoms with Gasteiger partial charge in [-0.3, -0.25) is 15.5 Å². The van der Waals surface area contributed by atoms with Crippen LogP contribution in [0.3, 0.4) is 0 Å². The largest absolute Gasteiger partial charge is 0.508 e. The van der Waals surface area contributed by atoms with E-state index in [0.717, 1.165) is 11.3 Å². The zero-order valence-corrected chi connectivity index (χ0v) is 10.8. The fraction of sp³-hybridized carbons (Fsp3) is 0.0714. The van der Waals surface area contributed by atoms with Crippen molar-refractivity contribution >= 4 is 17.1 Å². The van der Waals surface area contributed by atoms with E-state index in [0.29, 0.717) is 5.69 Å². The van der Waals surface area contributed by atoms with Crippen LogP contribution in [0.5, 0.6) is 5.75 Å². The number of rotatable bonds is 4. The number of phenols is 1. The quantitative estimate of drug-likeness (QED) is 0.508. The van der Waals surface area contributed by atoms with Crippen molar-refractivity contribution in [1.29, 1.82) is 0 Å². The average molecular weight is 271 g/mol. The number of nitrogens with zero attached hydrogens (tertiary/aromatic N) is 2. The smallest absolute Gasteiger partial charge is 0.269 e. The molecule has 2 N–H and O–H groups in total. The first-order chi connectivity index (χ1) is 9.56. The molecular formula is C14H13N3O3. The summed E-state index contributed by atoms with van der Waals surface area (Å²) in [7, 11) is 0. The van der Waals surface area contributed by atoms with Crippen LogP contribution in [0.25, 0.3) is 0 Å². The summed E-state index contributed by atoms with van der Waals surface area (Å²) in [5.41, 5.74) is 5.14. The van der Waals surface area contributed by atoms with Gasteiger partial charge < -0.3 is 5.11 Å². The molecule has 6 nitrogen and oxygen atoms in total. The number of hydrogen-bond donors (Lipinski definition) is 2. The molecule has 0 aliphatic heterocycles. The number of benzene rings is 2. The average Bonchev–Trinajstić information content (AvgIpc) is 2.46. The highest BCUT2D eigenvalue weighted by Gasteiger charge is 2.03. The molecule has 0 fully saturated rings. The van der Waals surface area contributed by atoms with Gasteiger partial charge in [0.25, 0.3) is 5.69 Å². The van der Waals surface area contributed by atoms with Crippen LogP contribution in [-0.2, 0) is 0 Å². The fourth-order valence-electron chi connectivity index (χ4n) is 1.57. The van der Waals surface area contributed by atoms with Gasteiger partial charge in [0.05, 0.1) is 16.3 Å². The van der Waals surface area contributed by atoms with Crippen LogP contribution >= 0.6 is 0 Å². The molecule has 2 rings (SSSR count). The van der Waals surface area contributed by atoms with Crippen molar-refractivity contribution in [2.24, 2.45) is 5.10 Å². The molecule has 0 aliphatic carbocycles. The Balaban J connectivity index is 2.08. The van der Waals surface area contributed by atoms with Crippen LogP contribution in [0.1, 0.15) is 12.5 Å². The predicted molar refractivity (Wildman–Crippen MR) is 77.0 cm³/mol. The Labute approximate surface area is 115 Å². The molecule has 20 heavy (non-hydrogen) atoms. The lowest BCUT2D eigenvalue weighted by atomic mass is 10.1. The van der Waals surface area contributed by atoms with Crippen molar-refractivity contribution in [2.75, 3.05) is 5.43 Å². The van der Waals surface area contributed by atoms with Gasteiger partial charge in [-0.25, -0.2) is 0 Å². The molecule has 0 saturated heterocycles. The van der Waals surface area contributed by atoms with Gasteiger partial charge in [0, 0.05) is 12.1 Å². The summed E-state index contributed by atoms with van der Waals surface area (Å²) < 4.78 is 0. The zero-order chi connectivity index (χ0) is 14.5. The van der Waals surface area contributed by atoms with E-state index < -0.39 is 4.92 Å². The molecule has 0 aliphatic rings. The number of nitro groups is 1. The number of aromatic hydroxyl groups is 1. The van der Waals surface area contributed by atoms with Crippen LogP contribution in [0, 0.1) is 10.1 Å². The van der Waals surface area contributed by atoms with E-state index in [1.807, 2.05) is 6.92 Å². The maximum Gasteiger partial charge on any atom is 0.269 e. The minimum Gasteiger partial charge on any atom is -0.508 e. The number of non-ortho nitro benzene ring substituents is 1. The maximum atomic E-state index is 10.5. The summed E-state index contributed by atoms with van der Waals surface area (Å²) >= 11 is 0. The first-order valence-corrected chi connectivity index (χ1v) is 5.90. The number of phenolic OH excluding ortho intramolecular Hbond substituents is 1. The van der Waals surface area contributed by atoms with Crippen LogP contribution in [0.15, 0.2) is 53.6 Å². The fourth-order valence-corrected chi connectivity index (χ4v) is 1.57. The topological polar surface area (TPSA) is 87.8 Å². The lowest BCUT2D eigenvalue weighted by molar-refractivity contribution is -0.384. The lowest BCUT2D eigenvalue weighted by Crippen LogP contribution is -1.99. The first kappa shape index (κ1) is 13.5. The van der Waals surface area contributed by atoms with Crippen molar-refractivity contribution in [1.82, 2.24) is 0 Å². The lowest BCUT2D eigenvalue weighted by Gasteiger charge is -2.03. The number of anilines is 1. The Bertz CT molecular complexity index is 634.